The first-order valence-electron chi connectivity index (χ1n) is 6.68. The highest BCUT2D eigenvalue weighted by molar-refractivity contribution is 7.92. The molecule has 0 bridgehead atoms. The molecule has 112 valence electrons. The van der Waals surface area contributed by atoms with Crippen LogP contribution in [0.2, 0.25) is 0 Å². The van der Waals surface area contributed by atoms with Crippen molar-refractivity contribution in [3.05, 3.63) is 29.8 Å². The van der Waals surface area contributed by atoms with Crippen LogP contribution in [-0.4, -0.2) is 19.7 Å². The molecule has 1 aliphatic rings. The summed E-state index contributed by atoms with van der Waals surface area (Å²) in [5.41, 5.74) is 5.99. The highest BCUT2D eigenvalue weighted by atomic mass is 32.2. The number of hydrogen-bond acceptors (Lipinski definition) is 3. The van der Waals surface area contributed by atoms with Crippen LogP contribution in [0.25, 0.3) is 0 Å². The first kappa shape index (κ1) is 15.4. The predicted octanol–water partition coefficient (Wildman–Crippen LogP) is 2.50. The minimum atomic E-state index is -3.90. The van der Waals surface area contributed by atoms with Gasteiger partial charge < -0.3 is 5.73 Å². The molecular weight excluding hydrogens is 284 g/mol. The lowest BCUT2D eigenvalue weighted by Crippen LogP contribution is -2.49. The maximum absolute atomic E-state index is 13.8. The normalized spacial score (nSPS) is 31.2. The highest BCUT2D eigenvalue weighted by Gasteiger charge is 2.42. The van der Waals surface area contributed by atoms with Gasteiger partial charge in [0.05, 0.1) is 5.25 Å². The Morgan fingerprint density at radius 2 is 1.85 bits per heavy atom. The van der Waals surface area contributed by atoms with E-state index in [1.54, 1.807) is 0 Å². The molecule has 2 N–H and O–H groups in total. The van der Waals surface area contributed by atoms with Gasteiger partial charge in [-0.25, -0.2) is 17.2 Å². The lowest BCUT2D eigenvalue weighted by Gasteiger charge is -2.37. The molecule has 2 rings (SSSR count). The molecule has 1 aliphatic carbocycles. The van der Waals surface area contributed by atoms with Gasteiger partial charge in [-0.15, -0.1) is 0 Å². The highest BCUT2D eigenvalue weighted by Crippen LogP contribution is 2.35. The molecule has 1 aromatic carbocycles. The summed E-state index contributed by atoms with van der Waals surface area (Å²) >= 11 is 0. The van der Waals surface area contributed by atoms with Crippen molar-refractivity contribution in [3.8, 4) is 0 Å². The number of rotatable bonds is 2. The van der Waals surface area contributed by atoms with Crippen LogP contribution in [0.5, 0.6) is 0 Å². The van der Waals surface area contributed by atoms with Gasteiger partial charge in [0.1, 0.15) is 16.5 Å². The van der Waals surface area contributed by atoms with Crippen LogP contribution in [0.15, 0.2) is 23.1 Å². The minimum absolute atomic E-state index is 0.150. The molecule has 0 saturated heterocycles. The number of benzene rings is 1. The van der Waals surface area contributed by atoms with Crippen LogP contribution >= 0.6 is 0 Å². The monoisotopic (exact) mass is 303 g/mol. The Hall–Kier alpha value is -1.01. The fourth-order valence-electron chi connectivity index (χ4n) is 3.27. The predicted molar refractivity (Wildman–Crippen MR) is 72.9 cm³/mol. The van der Waals surface area contributed by atoms with E-state index in [0.717, 1.165) is 18.6 Å². The Bertz CT molecular complexity index is 591. The van der Waals surface area contributed by atoms with Crippen LogP contribution in [0.4, 0.5) is 8.78 Å². The Morgan fingerprint density at radius 3 is 2.40 bits per heavy atom. The maximum atomic E-state index is 13.8. The molecule has 4 atom stereocenters. The zero-order chi connectivity index (χ0) is 15.1. The summed E-state index contributed by atoms with van der Waals surface area (Å²) in [6.45, 7) is 3.84. The zero-order valence-electron chi connectivity index (χ0n) is 11.5. The SMILES string of the molecule is CC1CC(C)C(S(=O)(=O)c2ccc(F)cc2F)C(N)C1. The molecule has 1 fully saturated rings. The van der Waals surface area contributed by atoms with E-state index in [1.165, 1.54) is 0 Å². The van der Waals surface area contributed by atoms with Crippen molar-refractivity contribution < 1.29 is 17.2 Å². The van der Waals surface area contributed by atoms with Gasteiger partial charge in [-0.3, -0.25) is 0 Å². The van der Waals surface area contributed by atoms with E-state index in [1.807, 2.05) is 13.8 Å². The second kappa shape index (κ2) is 5.41. The topological polar surface area (TPSA) is 60.2 Å². The summed E-state index contributed by atoms with van der Waals surface area (Å²) < 4.78 is 51.9. The van der Waals surface area contributed by atoms with Gasteiger partial charge in [0.15, 0.2) is 9.84 Å². The Balaban J connectivity index is 2.44. The largest absolute Gasteiger partial charge is 0.326 e. The van der Waals surface area contributed by atoms with E-state index < -0.39 is 37.7 Å². The van der Waals surface area contributed by atoms with Crippen LogP contribution in [0.3, 0.4) is 0 Å². The summed E-state index contributed by atoms with van der Waals surface area (Å²) in [7, 11) is -3.90. The van der Waals surface area contributed by atoms with E-state index in [2.05, 4.69) is 0 Å². The summed E-state index contributed by atoms with van der Waals surface area (Å²) in [4.78, 5) is -0.458. The molecule has 4 unspecified atom stereocenters. The molecule has 0 amide bonds. The molecule has 0 aromatic heterocycles. The van der Waals surface area contributed by atoms with Gasteiger partial charge >= 0.3 is 0 Å². The van der Waals surface area contributed by atoms with Crippen LogP contribution in [0.1, 0.15) is 26.7 Å². The Morgan fingerprint density at radius 1 is 1.20 bits per heavy atom. The third-order valence-electron chi connectivity index (χ3n) is 3.99. The van der Waals surface area contributed by atoms with Crippen LogP contribution in [-0.2, 0) is 9.84 Å². The zero-order valence-corrected chi connectivity index (χ0v) is 12.3. The summed E-state index contributed by atoms with van der Waals surface area (Å²) in [6.07, 6.45) is 1.33. The maximum Gasteiger partial charge on any atom is 0.185 e. The lowest BCUT2D eigenvalue weighted by molar-refractivity contribution is 0.271. The quantitative estimate of drug-likeness (QED) is 0.854. The standard InChI is InChI=1S/C14H19F2NO2S/c1-8-5-9(2)14(12(17)6-8)20(18,19)13-4-3-10(15)7-11(13)16/h3-4,7-9,12,14H,5-6,17H2,1-2H3. The van der Waals surface area contributed by atoms with E-state index in [-0.39, 0.29) is 5.92 Å². The van der Waals surface area contributed by atoms with E-state index in [0.29, 0.717) is 18.4 Å². The molecule has 20 heavy (non-hydrogen) atoms. The van der Waals surface area contributed by atoms with Crippen molar-refractivity contribution in [2.24, 2.45) is 17.6 Å². The fraction of sp³-hybridized carbons (Fsp3) is 0.571. The molecule has 0 spiro atoms. The summed E-state index contributed by atoms with van der Waals surface area (Å²) in [6, 6.07) is 2.01. The van der Waals surface area contributed by atoms with Gasteiger partial charge in [0.25, 0.3) is 0 Å². The molecule has 6 heteroatoms. The molecule has 1 saturated carbocycles. The van der Waals surface area contributed by atoms with E-state index >= 15 is 0 Å². The summed E-state index contributed by atoms with van der Waals surface area (Å²) in [5.74, 6) is -1.65. The van der Waals surface area contributed by atoms with Gasteiger partial charge in [-0.2, -0.15) is 0 Å². The average molecular weight is 303 g/mol. The van der Waals surface area contributed by atoms with Crippen molar-refractivity contribution in [3.63, 3.8) is 0 Å². The van der Waals surface area contributed by atoms with Crippen molar-refractivity contribution in [1.29, 1.82) is 0 Å². The van der Waals surface area contributed by atoms with Crippen molar-refractivity contribution >= 4 is 9.84 Å². The van der Waals surface area contributed by atoms with E-state index in [9.17, 15) is 17.2 Å². The van der Waals surface area contributed by atoms with Gasteiger partial charge in [0.2, 0.25) is 0 Å². The Kier molecular flexibility index (Phi) is 4.16. The van der Waals surface area contributed by atoms with E-state index in [4.69, 9.17) is 5.73 Å². The molecule has 1 aromatic rings. The van der Waals surface area contributed by atoms with Crippen LogP contribution < -0.4 is 5.73 Å². The van der Waals surface area contributed by atoms with Crippen molar-refractivity contribution in [1.82, 2.24) is 0 Å². The molecular formula is C14H19F2NO2S. The molecule has 3 nitrogen and oxygen atoms in total. The molecule has 0 aliphatic heterocycles. The first-order chi connectivity index (χ1) is 9.23. The third kappa shape index (κ3) is 2.72. The number of halogens is 2. The first-order valence-corrected chi connectivity index (χ1v) is 8.22. The van der Waals surface area contributed by atoms with Gasteiger partial charge in [-0.1, -0.05) is 13.8 Å². The Labute approximate surface area is 118 Å². The molecule has 0 heterocycles. The number of nitrogens with two attached hydrogens (primary N) is 1. The minimum Gasteiger partial charge on any atom is -0.326 e. The van der Waals surface area contributed by atoms with Crippen molar-refractivity contribution in [2.45, 2.75) is 42.9 Å². The van der Waals surface area contributed by atoms with Crippen LogP contribution in [0, 0.1) is 23.5 Å². The molecule has 0 radical (unpaired) electrons. The van der Waals surface area contributed by atoms with Crippen molar-refractivity contribution in [2.75, 3.05) is 0 Å². The van der Waals surface area contributed by atoms with Gasteiger partial charge in [-0.05, 0) is 36.8 Å². The second-order valence-corrected chi connectivity index (χ2v) is 7.88. The van der Waals surface area contributed by atoms with Gasteiger partial charge in [0, 0.05) is 12.1 Å². The summed E-state index contributed by atoms with van der Waals surface area (Å²) in [5, 5.41) is -0.821. The lowest BCUT2D eigenvalue weighted by atomic mass is 9.80. The smallest absolute Gasteiger partial charge is 0.185 e. The fourth-order valence-corrected chi connectivity index (χ4v) is 5.45. The number of hydrogen-bond donors (Lipinski definition) is 1. The second-order valence-electron chi connectivity index (χ2n) is 5.80. The average Bonchev–Trinajstić information content (AvgIpc) is 2.25. The number of sulfone groups is 1. The third-order valence-corrected chi connectivity index (χ3v) is 6.47.